The average Bonchev–Trinajstić information content (AvgIpc) is 2.64. The van der Waals surface area contributed by atoms with E-state index in [4.69, 9.17) is 4.11 Å². The molecule has 2 fully saturated rings. The van der Waals surface area contributed by atoms with Crippen LogP contribution in [0.4, 0.5) is 0 Å². The lowest BCUT2D eigenvalue weighted by molar-refractivity contribution is -0.116. The minimum Gasteiger partial charge on any atom is -0.392 e. The average molecular weight is 289 g/mol. The summed E-state index contributed by atoms with van der Waals surface area (Å²) in [5, 5.41) is 10.7. The number of hydrogen-bond donors (Lipinski definition) is 1. The van der Waals surface area contributed by atoms with Crippen molar-refractivity contribution in [3.63, 3.8) is 0 Å². The number of aliphatic hydroxyl groups is 1. The highest BCUT2D eigenvalue weighted by Gasteiger charge is 2.53. The van der Waals surface area contributed by atoms with Crippen molar-refractivity contribution in [2.24, 2.45) is 16.7 Å². The fraction of sp³-hybridized carbons (Fsp3) is 0.737. The highest BCUT2D eigenvalue weighted by Crippen LogP contribution is 2.62. The van der Waals surface area contributed by atoms with Crippen LogP contribution in [0.2, 0.25) is 0 Å². The summed E-state index contributed by atoms with van der Waals surface area (Å²) < 4.78 is 24.8. The number of carbonyl (C=O) groups excluding carboxylic acids is 1. The molecule has 1 N–H and O–H groups in total. The number of hydrogen-bond acceptors (Lipinski definition) is 2. The van der Waals surface area contributed by atoms with Crippen molar-refractivity contribution in [1.29, 1.82) is 0 Å². The first-order valence-electron chi connectivity index (χ1n) is 9.72. The summed E-state index contributed by atoms with van der Waals surface area (Å²) >= 11 is 0. The van der Waals surface area contributed by atoms with Crippen molar-refractivity contribution in [3.8, 4) is 0 Å². The molecule has 0 saturated heterocycles. The maximum absolute atomic E-state index is 11.8. The van der Waals surface area contributed by atoms with Crippen LogP contribution in [-0.4, -0.2) is 17.0 Å². The van der Waals surface area contributed by atoms with Gasteiger partial charge in [0, 0.05) is 14.6 Å². The van der Waals surface area contributed by atoms with E-state index in [2.05, 4.69) is 6.92 Å². The first kappa shape index (κ1) is 10.8. The van der Waals surface area contributed by atoms with E-state index in [1.54, 1.807) is 0 Å². The van der Waals surface area contributed by atoms with Crippen LogP contribution in [0.3, 0.4) is 0 Å². The first-order valence-corrected chi connectivity index (χ1v) is 8.22. The molecule has 4 rings (SSSR count). The van der Waals surface area contributed by atoms with Crippen molar-refractivity contribution in [2.45, 2.75) is 71.2 Å². The number of rotatable bonds is 0. The summed E-state index contributed by atoms with van der Waals surface area (Å²) in [6.07, 6.45) is 2.74. The van der Waals surface area contributed by atoms with E-state index in [9.17, 15) is 9.90 Å². The van der Waals surface area contributed by atoms with E-state index < -0.39 is 17.9 Å². The van der Waals surface area contributed by atoms with Crippen LogP contribution in [0.1, 0.15) is 69.3 Å². The zero-order chi connectivity index (χ0) is 17.5. The largest absolute Gasteiger partial charge is 0.392 e. The van der Waals surface area contributed by atoms with Gasteiger partial charge in [-0.15, -0.1) is 0 Å². The lowest BCUT2D eigenvalue weighted by Crippen LogP contribution is -2.43. The monoisotopic (exact) mass is 289 g/mol. The lowest BCUT2D eigenvalue weighted by Gasteiger charge is -2.52. The summed E-state index contributed by atoms with van der Waals surface area (Å²) in [6, 6.07) is 0. The van der Waals surface area contributed by atoms with Gasteiger partial charge in [-0.25, -0.2) is 0 Å². The van der Waals surface area contributed by atoms with Crippen molar-refractivity contribution in [2.75, 3.05) is 0 Å². The van der Waals surface area contributed by atoms with Gasteiger partial charge < -0.3 is 5.11 Å². The summed E-state index contributed by atoms with van der Waals surface area (Å²) in [4.78, 5) is 11.8. The van der Waals surface area contributed by atoms with Crippen molar-refractivity contribution in [3.05, 3.63) is 22.8 Å². The first-order chi connectivity index (χ1) is 11.0. The quantitative estimate of drug-likeness (QED) is 0.686. The number of fused-ring (bicyclic) bond motifs is 4. The highest BCUT2D eigenvalue weighted by atomic mass is 16.3. The van der Waals surface area contributed by atoms with Crippen LogP contribution < -0.4 is 0 Å². The Hall–Kier alpha value is -0.890. The molecule has 0 spiro atoms. The Morgan fingerprint density at radius 1 is 1.24 bits per heavy atom. The van der Waals surface area contributed by atoms with Gasteiger partial charge in [0.25, 0.3) is 0 Å². The molecule has 0 bridgehead atoms. The molecular weight excluding hydrogens is 260 g/mol. The van der Waals surface area contributed by atoms with Gasteiger partial charge >= 0.3 is 0 Å². The van der Waals surface area contributed by atoms with Crippen molar-refractivity contribution in [1.82, 2.24) is 0 Å². The molecule has 0 radical (unpaired) electrons. The van der Waals surface area contributed by atoms with Gasteiger partial charge in [0.2, 0.25) is 0 Å². The maximum atomic E-state index is 11.8. The molecule has 21 heavy (non-hydrogen) atoms. The molecule has 4 aliphatic carbocycles. The molecule has 0 aliphatic heterocycles. The lowest BCUT2D eigenvalue weighted by atomic mass is 9.52. The van der Waals surface area contributed by atoms with E-state index in [1.165, 1.54) is 11.1 Å². The second kappa shape index (κ2) is 4.32. The molecular formula is C19H26O2. The van der Waals surface area contributed by atoms with Gasteiger partial charge in [0.05, 0.1) is 7.45 Å². The Kier molecular flexibility index (Phi) is 2.21. The topological polar surface area (TPSA) is 37.3 Å². The molecule has 0 aromatic carbocycles. The van der Waals surface area contributed by atoms with E-state index in [0.29, 0.717) is 18.8 Å². The minimum absolute atomic E-state index is 0.00866. The van der Waals surface area contributed by atoms with Gasteiger partial charge in [-0.1, -0.05) is 30.6 Å². The van der Waals surface area contributed by atoms with Gasteiger partial charge in [-0.2, -0.15) is 0 Å². The van der Waals surface area contributed by atoms with Crippen LogP contribution in [0, 0.1) is 16.7 Å². The van der Waals surface area contributed by atoms with Crippen LogP contribution in [0.15, 0.2) is 22.8 Å². The predicted molar refractivity (Wildman–Crippen MR) is 82.8 cm³/mol. The van der Waals surface area contributed by atoms with Crippen LogP contribution in [-0.2, 0) is 4.79 Å². The van der Waals surface area contributed by atoms with Crippen molar-refractivity contribution >= 4 is 5.78 Å². The Balaban J connectivity index is 1.85. The third-order valence-corrected chi connectivity index (χ3v) is 6.75. The van der Waals surface area contributed by atoms with Gasteiger partial charge in [0.1, 0.15) is 0 Å². The Morgan fingerprint density at radius 3 is 2.86 bits per heavy atom. The van der Waals surface area contributed by atoms with Gasteiger partial charge in [0.15, 0.2) is 5.78 Å². The summed E-state index contributed by atoms with van der Waals surface area (Å²) in [5.41, 5.74) is 2.75. The van der Waals surface area contributed by atoms with Crippen molar-refractivity contribution < 1.29 is 14.0 Å². The number of carbonyl (C=O) groups is 1. The van der Waals surface area contributed by atoms with E-state index in [1.807, 2.05) is 13.0 Å². The van der Waals surface area contributed by atoms with E-state index in [-0.39, 0.29) is 17.6 Å². The second-order valence-corrected chi connectivity index (χ2v) is 7.68. The van der Waals surface area contributed by atoms with Gasteiger partial charge in [-0.3, -0.25) is 4.79 Å². The third-order valence-electron chi connectivity index (χ3n) is 6.75. The molecule has 0 amide bonds. The molecule has 0 aromatic rings. The van der Waals surface area contributed by atoms with E-state index in [0.717, 1.165) is 31.3 Å². The molecule has 0 aromatic heterocycles. The molecule has 4 aliphatic rings. The summed E-state index contributed by atoms with van der Waals surface area (Å²) in [6.45, 7) is 4.14. The normalized spacial score (nSPS) is 53.9. The molecule has 114 valence electrons. The minimum atomic E-state index is -2.06. The SMILES string of the molecule is [2H]C1([2H])CC2=C3CCC4=CC(=O)CC[C@]4(C)[C@H]3CC[C@]2(C)[C@@]1([2H])O. The molecule has 0 heterocycles. The van der Waals surface area contributed by atoms with Crippen LogP contribution in [0.25, 0.3) is 0 Å². The standard InChI is InChI=1S/C19H26O2/c1-18-9-7-13(20)11-12(18)3-4-14-15-5-6-17(21)19(15,2)10-8-16(14)18/h11,16-17,21H,3-10H2,1-2H3/t16-,17-,18-,19-/m0/s1/i6D2,17D. The molecule has 0 unspecified atom stereocenters. The smallest absolute Gasteiger partial charge is 0.155 e. The van der Waals surface area contributed by atoms with Crippen LogP contribution >= 0.6 is 0 Å². The number of allylic oxidation sites excluding steroid dienone is 3. The summed E-state index contributed by atoms with van der Waals surface area (Å²) in [5.74, 6) is 0.565. The Morgan fingerprint density at radius 2 is 2.05 bits per heavy atom. The zero-order valence-corrected chi connectivity index (χ0v) is 13.0. The zero-order valence-electron chi connectivity index (χ0n) is 16.0. The molecule has 2 heteroatoms. The molecule has 2 saturated carbocycles. The maximum Gasteiger partial charge on any atom is 0.155 e. The van der Waals surface area contributed by atoms with E-state index >= 15 is 0 Å². The predicted octanol–water partition coefficient (Wildman–Crippen LogP) is 3.94. The Labute approximate surface area is 131 Å². The van der Waals surface area contributed by atoms with Crippen LogP contribution in [0.5, 0.6) is 0 Å². The number of ketones is 1. The fourth-order valence-electron chi connectivity index (χ4n) is 5.29. The summed E-state index contributed by atoms with van der Waals surface area (Å²) in [7, 11) is 0. The Bertz CT molecular complexity index is 691. The fourth-order valence-corrected chi connectivity index (χ4v) is 5.29. The third kappa shape index (κ3) is 1.72. The molecule has 2 nitrogen and oxygen atoms in total. The second-order valence-electron chi connectivity index (χ2n) is 7.68. The highest BCUT2D eigenvalue weighted by molar-refractivity contribution is 5.91. The molecule has 4 atom stereocenters. The van der Waals surface area contributed by atoms with Gasteiger partial charge in [-0.05, 0) is 62.3 Å².